The highest BCUT2D eigenvalue weighted by Gasteiger charge is 2.22. The lowest BCUT2D eigenvalue weighted by atomic mass is 9.98. The van der Waals surface area contributed by atoms with E-state index in [0.29, 0.717) is 11.5 Å². The minimum absolute atomic E-state index is 0.206. The molecular formula is C26H30O5S. The number of sulfone groups is 1. The first-order valence-electron chi connectivity index (χ1n) is 10.4. The van der Waals surface area contributed by atoms with Gasteiger partial charge in [-0.05, 0) is 101 Å². The zero-order valence-corrected chi connectivity index (χ0v) is 20.2. The summed E-state index contributed by atoms with van der Waals surface area (Å²) >= 11 is 0. The second kappa shape index (κ2) is 8.96. The molecule has 0 aliphatic heterocycles. The first-order chi connectivity index (χ1) is 14.9. The van der Waals surface area contributed by atoms with Gasteiger partial charge >= 0.3 is 0 Å². The van der Waals surface area contributed by atoms with Crippen LogP contribution in [0.1, 0.15) is 40.2 Å². The fraction of sp³-hybridized carbons (Fsp3) is 0.308. The highest BCUT2D eigenvalue weighted by Crippen LogP contribution is 2.30. The lowest BCUT2D eigenvalue weighted by molar-refractivity contribution is 0.0192. The Bertz CT molecular complexity index is 1140. The Labute approximate surface area is 190 Å². The molecule has 0 amide bonds. The van der Waals surface area contributed by atoms with Crippen molar-refractivity contribution in [3.8, 4) is 17.2 Å². The molecular weight excluding hydrogens is 424 g/mol. The van der Waals surface area contributed by atoms with Crippen LogP contribution < -0.4 is 9.47 Å². The molecule has 0 saturated carbocycles. The van der Waals surface area contributed by atoms with Gasteiger partial charge in [-0.3, -0.25) is 0 Å². The van der Waals surface area contributed by atoms with Crippen molar-refractivity contribution in [1.82, 2.24) is 0 Å². The quantitative estimate of drug-likeness (QED) is 0.415. The molecule has 0 aliphatic carbocycles. The average molecular weight is 455 g/mol. The van der Waals surface area contributed by atoms with E-state index in [1.165, 1.54) is 0 Å². The fourth-order valence-corrected chi connectivity index (χ4v) is 4.30. The molecule has 0 bridgehead atoms. The topological polar surface area (TPSA) is 61.8 Å². The van der Waals surface area contributed by atoms with E-state index < -0.39 is 15.4 Å². The van der Waals surface area contributed by atoms with Gasteiger partial charge in [0.1, 0.15) is 22.8 Å². The Morgan fingerprint density at radius 1 is 0.625 bits per heavy atom. The van der Waals surface area contributed by atoms with E-state index in [0.717, 1.165) is 11.3 Å². The van der Waals surface area contributed by atoms with Crippen LogP contribution in [-0.4, -0.2) is 21.1 Å². The van der Waals surface area contributed by atoms with E-state index in [1.54, 1.807) is 55.6 Å². The molecule has 3 aromatic rings. The van der Waals surface area contributed by atoms with Gasteiger partial charge in [0.25, 0.3) is 0 Å². The standard InChI is InChI=1S/C26H30O5S/c1-25(2,3)31-22-11-9-20(10-12-22)30-21-13-17-24(18-14-21)32(27,28)23-15-7-19(8-16-23)26(4,5)29-6/h7-18H,1-6H3. The molecule has 0 heterocycles. The molecule has 5 nitrogen and oxygen atoms in total. The van der Waals surface area contributed by atoms with Crippen LogP contribution >= 0.6 is 0 Å². The molecule has 6 heteroatoms. The lowest BCUT2D eigenvalue weighted by Gasteiger charge is -2.23. The maximum atomic E-state index is 13.0. The summed E-state index contributed by atoms with van der Waals surface area (Å²) in [6.07, 6.45) is 0. The highest BCUT2D eigenvalue weighted by molar-refractivity contribution is 7.91. The molecule has 0 spiro atoms. The summed E-state index contributed by atoms with van der Waals surface area (Å²) in [4.78, 5) is 0.439. The number of rotatable bonds is 7. The number of benzene rings is 3. The molecule has 0 aromatic heterocycles. The molecule has 3 rings (SSSR count). The van der Waals surface area contributed by atoms with Crippen molar-refractivity contribution in [2.45, 2.75) is 55.6 Å². The molecule has 0 atom stereocenters. The molecule has 0 fully saturated rings. The Balaban J connectivity index is 1.73. The number of hydrogen-bond acceptors (Lipinski definition) is 5. The third kappa shape index (κ3) is 5.69. The molecule has 0 unspecified atom stereocenters. The van der Waals surface area contributed by atoms with E-state index in [2.05, 4.69) is 0 Å². The van der Waals surface area contributed by atoms with Crippen LogP contribution in [0.2, 0.25) is 0 Å². The molecule has 170 valence electrons. The van der Waals surface area contributed by atoms with Gasteiger partial charge < -0.3 is 14.2 Å². The monoisotopic (exact) mass is 454 g/mol. The minimum Gasteiger partial charge on any atom is -0.488 e. The second-order valence-corrected chi connectivity index (χ2v) is 11.0. The van der Waals surface area contributed by atoms with Crippen LogP contribution in [0, 0.1) is 0 Å². The van der Waals surface area contributed by atoms with Gasteiger partial charge in [0.05, 0.1) is 15.4 Å². The van der Waals surface area contributed by atoms with Crippen LogP contribution in [0.15, 0.2) is 82.6 Å². The van der Waals surface area contributed by atoms with Gasteiger partial charge in [-0.15, -0.1) is 0 Å². The van der Waals surface area contributed by atoms with E-state index >= 15 is 0 Å². The summed E-state index contributed by atoms with van der Waals surface area (Å²) in [6, 6.07) is 20.5. The summed E-state index contributed by atoms with van der Waals surface area (Å²) in [7, 11) is -2.01. The van der Waals surface area contributed by atoms with E-state index in [1.807, 2.05) is 58.9 Å². The van der Waals surface area contributed by atoms with Gasteiger partial charge in [-0.2, -0.15) is 0 Å². The highest BCUT2D eigenvalue weighted by atomic mass is 32.2. The van der Waals surface area contributed by atoms with E-state index in [4.69, 9.17) is 14.2 Å². The molecule has 0 saturated heterocycles. The van der Waals surface area contributed by atoms with Gasteiger partial charge in [0, 0.05) is 7.11 Å². The predicted molar refractivity (Wildman–Crippen MR) is 125 cm³/mol. The van der Waals surface area contributed by atoms with E-state index in [-0.39, 0.29) is 15.4 Å². The number of methoxy groups -OCH3 is 1. The van der Waals surface area contributed by atoms with Crippen LogP contribution in [0.4, 0.5) is 0 Å². The third-order valence-corrected chi connectivity index (χ3v) is 6.77. The van der Waals surface area contributed by atoms with Crippen molar-refractivity contribution in [3.63, 3.8) is 0 Å². The largest absolute Gasteiger partial charge is 0.488 e. The summed E-state index contributed by atoms with van der Waals surface area (Å²) in [5, 5.41) is 0. The second-order valence-electron chi connectivity index (χ2n) is 9.00. The Morgan fingerprint density at radius 2 is 1.03 bits per heavy atom. The normalized spacial score (nSPS) is 12.4. The van der Waals surface area contributed by atoms with Crippen molar-refractivity contribution < 1.29 is 22.6 Å². The fourth-order valence-electron chi connectivity index (χ4n) is 3.04. The van der Waals surface area contributed by atoms with Crippen LogP contribution in [0.25, 0.3) is 0 Å². The SMILES string of the molecule is COC(C)(C)c1ccc(S(=O)(=O)c2ccc(Oc3ccc(OC(C)(C)C)cc3)cc2)cc1. The zero-order valence-electron chi connectivity index (χ0n) is 19.4. The van der Waals surface area contributed by atoms with Crippen molar-refractivity contribution in [3.05, 3.63) is 78.4 Å². The maximum absolute atomic E-state index is 13.0. The lowest BCUT2D eigenvalue weighted by Crippen LogP contribution is -2.22. The zero-order chi connectivity index (χ0) is 23.6. The summed E-state index contributed by atoms with van der Waals surface area (Å²) < 4.78 is 43.1. The molecule has 0 N–H and O–H groups in total. The van der Waals surface area contributed by atoms with Gasteiger partial charge in [-0.1, -0.05) is 12.1 Å². The summed E-state index contributed by atoms with van der Waals surface area (Å²) in [5.41, 5.74) is 0.143. The molecule has 32 heavy (non-hydrogen) atoms. The predicted octanol–water partition coefficient (Wildman–Crippen LogP) is 6.37. The van der Waals surface area contributed by atoms with Gasteiger partial charge in [0.15, 0.2) is 0 Å². The van der Waals surface area contributed by atoms with Crippen LogP contribution in [0.3, 0.4) is 0 Å². The van der Waals surface area contributed by atoms with Gasteiger partial charge in [-0.25, -0.2) is 8.42 Å². The molecule has 0 aliphatic rings. The Morgan fingerprint density at radius 3 is 1.47 bits per heavy atom. The maximum Gasteiger partial charge on any atom is 0.206 e. The van der Waals surface area contributed by atoms with Crippen molar-refractivity contribution in [2.24, 2.45) is 0 Å². The first kappa shape index (κ1) is 23.8. The summed E-state index contributed by atoms with van der Waals surface area (Å²) in [6.45, 7) is 9.83. The van der Waals surface area contributed by atoms with Crippen LogP contribution in [0.5, 0.6) is 17.2 Å². The van der Waals surface area contributed by atoms with Crippen molar-refractivity contribution in [2.75, 3.05) is 7.11 Å². The first-order valence-corrected chi connectivity index (χ1v) is 11.9. The van der Waals surface area contributed by atoms with Gasteiger partial charge in [0.2, 0.25) is 9.84 Å². The van der Waals surface area contributed by atoms with Crippen molar-refractivity contribution >= 4 is 9.84 Å². The average Bonchev–Trinajstić information content (AvgIpc) is 2.74. The van der Waals surface area contributed by atoms with E-state index in [9.17, 15) is 8.42 Å². The van der Waals surface area contributed by atoms with Crippen molar-refractivity contribution in [1.29, 1.82) is 0 Å². The number of hydrogen-bond donors (Lipinski definition) is 0. The summed E-state index contributed by atoms with van der Waals surface area (Å²) in [5.74, 6) is 1.94. The smallest absolute Gasteiger partial charge is 0.206 e. The molecule has 0 radical (unpaired) electrons. The Kier molecular flexibility index (Phi) is 6.67. The molecule has 3 aromatic carbocycles. The minimum atomic E-state index is -3.63. The van der Waals surface area contributed by atoms with Crippen LogP contribution in [-0.2, 0) is 20.2 Å². The number of ether oxygens (including phenoxy) is 3. The third-order valence-electron chi connectivity index (χ3n) is 4.99. The Hall–Kier alpha value is -2.83.